The zero-order valence-corrected chi connectivity index (χ0v) is 19.1. The molecule has 1 saturated heterocycles. The molecule has 1 atom stereocenters. The number of hydrogen-bond donors (Lipinski definition) is 1. The van der Waals surface area contributed by atoms with Gasteiger partial charge in [0.2, 0.25) is 5.91 Å². The Kier molecular flexibility index (Phi) is 6.10. The fourth-order valence-corrected chi connectivity index (χ4v) is 5.04. The molecular weight excluding hydrogens is 431 g/mol. The fourth-order valence-electron chi connectivity index (χ4n) is 4.01. The lowest BCUT2D eigenvalue weighted by atomic mass is 10.0. The summed E-state index contributed by atoms with van der Waals surface area (Å²) in [5, 5.41) is 3.01. The van der Waals surface area contributed by atoms with Gasteiger partial charge in [0.25, 0.3) is 11.5 Å². The zero-order chi connectivity index (χ0) is 23.0. The van der Waals surface area contributed by atoms with Gasteiger partial charge in [-0.05, 0) is 55.9 Å². The number of rotatable bonds is 4. The van der Waals surface area contributed by atoms with E-state index in [-0.39, 0.29) is 18.0 Å². The topological polar surface area (TPSA) is 84.3 Å². The first-order chi connectivity index (χ1) is 15.2. The molecule has 0 spiro atoms. The van der Waals surface area contributed by atoms with Gasteiger partial charge in [-0.15, -0.1) is 11.3 Å². The van der Waals surface area contributed by atoms with Gasteiger partial charge in [-0.25, -0.2) is 9.37 Å². The monoisotopic (exact) mass is 456 g/mol. The number of thiophene rings is 1. The number of carbonyl (C=O) groups excluding carboxylic acids is 2. The summed E-state index contributed by atoms with van der Waals surface area (Å²) in [4.78, 5) is 45.5. The molecule has 1 fully saturated rings. The molecule has 0 unspecified atom stereocenters. The van der Waals surface area contributed by atoms with E-state index in [1.54, 1.807) is 30.9 Å². The van der Waals surface area contributed by atoms with Crippen molar-refractivity contribution < 1.29 is 14.0 Å². The lowest BCUT2D eigenvalue weighted by Crippen LogP contribution is -2.42. The van der Waals surface area contributed by atoms with Crippen molar-refractivity contribution in [3.05, 3.63) is 56.7 Å². The zero-order valence-electron chi connectivity index (χ0n) is 18.3. The van der Waals surface area contributed by atoms with Crippen molar-refractivity contribution in [1.29, 1.82) is 0 Å². The molecule has 4 rings (SSSR count). The molecular formula is C23H25FN4O3S. The Hall–Kier alpha value is -3.07. The molecule has 9 heteroatoms. The van der Waals surface area contributed by atoms with Gasteiger partial charge in [-0.1, -0.05) is 13.0 Å². The third-order valence-corrected chi connectivity index (χ3v) is 7.07. The third-order valence-electron chi connectivity index (χ3n) is 5.87. The fraction of sp³-hybridized carbons (Fsp3) is 0.391. The first-order valence-electron chi connectivity index (χ1n) is 10.6. The average molecular weight is 457 g/mol. The predicted molar refractivity (Wildman–Crippen MR) is 123 cm³/mol. The summed E-state index contributed by atoms with van der Waals surface area (Å²) in [5.41, 5.74) is 0.976. The molecule has 2 aromatic heterocycles. The number of likely N-dealkylation sites (tertiary alicyclic amines) is 1. The Labute approximate surface area is 188 Å². The highest BCUT2D eigenvalue weighted by atomic mass is 32.1. The Morgan fingerprint density at radius 3 is 2.81 bits per heavy atom. The number of piperidine rings is 1. The molecule has 1 aliphatic rings. The predicted octanol–water partition coefficient (Wildman–Crippen LogP) is 3.72. The van der Waals surface area contributed by atoms with E-state index in [0.717, 1.165) is 24.2 Å². The quantitative estimate of drug-likeness (QED) is 0.649. The lowest BCUT2D eigenvalue weighted by molar-refractivity contribution is -0.133. The molecule has 1 N–H and O–H groups in total. The first-order valence-corrected chi connectivity index (χ1v) is 11.4. The number of benzene rings is 1. The van der Waals surface area contributed by atoms with Crippen LogP contribution in [-0.4, -0.2) is 39.4 Å². The van der Waals surface area contributed by atoms with Crippen molar-refractivity contribution in [3.8, 4) is 0 Å². The standard InChI is InChI=1S/C23H25FN4O3S/c1-13-5-4-8-27(10-13)18(29)11-28-12-25-22-19(23(28)31)15(3)20(32-22)21(30)26-16-7-6-14(2)17(24)9-16/h6-7,9,12-13H,4-5,8,10-11H2,1-3H3,(H,26,30)/t13-/m0/s1. The summed E-state index contributed by atoms with van der Waals surface area (Å²) >= 11 is 1.10. The number of aryl methyl sites for hydroxylation is 2. The van der Waals surface area contributed by atoms with Crippen molar-refractivity contribution >= 4 is 39.1 Å². The van der Waals surface area contributed by atoms with Gasteiger partial charge in [-0.2, -0.15) is 0 Å². The number of hydrogen-bond acceptors (Lipinski definition) is 5. The lowest BCUT2D eigenvalue weighted by Gasteiger charge is -2.31. The van der Waals surface area contributed by atoms with Gasteiger partial charge in [0.15, 0.2) is 0 Å². The highest BCUT2D eigenvalue weighted by Crippen LogP contribution is 2.28. The summed E-state index contributed by atoms with van der Waals surface area (Å²) in [6, 6.07) is 4.47. The van der Waals surface area contributed by atoms with E-state index in [0.29, 0.717) is 50.9 Å². The summed E-state index contributed by atoms with van der Waals surface area (Å²) < 4.78 is 15.1. The number of anilines is 1. The van der Waals surface area contributed by atoms with Gasteiger partial charge in [0, 0.05) is 18.8 Å². The Morgan fingerprint density at radius 2 is 2.09 bits per heavy atom. The maximum absolute atomic E-state index is 13.8. The van der Waals surface area contributed by atoms with Crippen LogP contribution in [-0.2, 0) is 11.3 Å². The minimum atomic E-state index is -0.432. The average Bonchev–Trinajstić information content (AvgIpc) is 3.10. The number of halogens is 1. The first kappa shape index (κ1) is 22.1. The van der Waals surface area contributed by atoms with Crippen LogP contribution in [0.3, 0.4) is 0 Å². The van der Waals surface area contributed by atoms with E-state index in [1.165, 1.54) is 17.0 Å². The van der Waals surface area contributed by atoms with E-state index < -0.39 is 11.7 Å². The van der Waals surface area contributed by atoms with Crippen LogP contribution in [0.15, 0.2) is 29.3 Å². The Balaban J connectivity index is 1.59. The molecule has 168 valence electrons. The molecule has 2 amide bonds. The van der Waals surface area contributed by atoms with E-state index in [1.807, 2.05) is 0 Å². The van der Waals surface area contributed by atoms with Crippen LogP contribution >= 0.6 is 11.3 Å². The summed E-state index contributed by atoms with van der Waals surface area (Å²) in [7, 11) is 0. The molecule has 32 heavy (non-hydrogen) atoms. The van der Waals surface area contributed by atoms with Crippen LogP contribution in [0.25, 0.3) is 10.2 Å². The van der Waals surface area contributed by atoms with Crippen LogP contribution in [0.4, 0.5) is 10.1 Å². The molecule has 7 nitrogen and oxygen atoms in total. The van der Waals surface area contributed by atoms with Gasteiger partial charge in [0.05, 0.1) is 16.6 Å². The second-order valence-electron chi connectivity index (χ2n) is 8.42. The third kappa shape index (κ3) is 4.29. The van der Waals surface area contributed by atoms with Crippen molar-refractivity contribution in [3.63, 3.8) is 0 Å². The van der Waals surface area contributed by atoms with Gasteiger partial charge >= 0.3 is 0 Å². The maximum Gasteiger partial charge on any atom is 0.266 e. The Morgan fingerprint density at radius 1 is 1.31 bits per heavy atom. The minimum absolute atomic E-state index is 0.0754. The van der Waals surface area contributed by atoms with E-state index in [9.17, 15) is 18.8 Å². The number of aromatic nitrogens is 2. The second kappa shape index (κ2) is 8.82. The summed E-state index contributed by atoms with van der Waals surface area (Å²) in [6.07, 6.45) is 3.43. The van der Waals surface area contributed by atoms with Crippen molar-refractivity contribution in [2.75, 3.05) is 18.4 Å². The SMILES string of the molecule is Cc1ccc(NC(=O)c2sc3ncn(CC(=O)N4CCC[C@H](C)C4)c(=O)c3c2C)cc1F. The number of fused-ring (bicyclic) bond motifs is 1. The second-order valence-corrected chi connectivity index (χ2v) is 9.42. The van der Waals surface area contributed by atoms with Crippen LogP contribution < -0.4 is 10.9 Å². The van der Waals surface area contributed by atoms with E-state index in [4.69, 9.17) is 0 Å². The molecule has 0 aliphatic carbocycles. The molecule has 3 aromatic rings. The molecule has 0 saturated carbocycles. The highest BCUT2D eigenvalue weighted by Gasteiger charge is 2.23. The summed E-state index contributed by atoms with van der Waals surface area (Å²) in [5.74, 6) is -0.495. The smallest absolute Gasteiger partial charge is 0.266 e. The molecule has 1 aromatic carbocycles. The normalized spacial score (nSPS) is 16.4. The van der Waals surface area contributed by atoms with Crippen molar-refractivity contribution in [1.82, 2.24) is 14.5 Å². The minimum Gasteiger partial charge on any atom is -0.341 e. The van der Waals surface area contributed by atoms with Crippen LogP contribution in [0.2, 0.25) is 0 Å². The van der Waals surface area contributed by atoms with Crippen LogP contribution in [0.5, 0.6) is 0 Å². The Bertz CT molecular complexity index is 1270. The van der Waals surface area contributed by atoms with Gasteiger partial charge < -0.3 is 10.2 Å². The van der Waals surface area contributed by atoms with Crippen molar-refractivity contribution in [2.24, 2.45) is 5.92 Å². The number of nitrogens with one attached hydrogen (secondary N) is 1. The number of carbonyl (C=O) groups is 2. The van der Waals surface area contributed by atoms with Crippen LogP contribution in [0.1, 0.15) is 40.6 Å². The summed E-state index contributed by atoms with van der Waals surface area (Å²) in [6.45, 7) is 6.77. The van der Waals surface area contributed by atoms with E-state index in [2.05, 4.69) is 17.2 Å². The van der Waals surface area contributed by atoms with Gasteiger partial charge in [0.1, 0.15) is 17.2 Å². The number of amides is 2. The largest absolute Gasteiger partial charge is 0.341 e. The van der Waals surface area contributed by atoms with Crippen molar-refractivity contribution in [2.45, 2.75) is 40.2 Å². The number of nitrogens with zero attached hydrogens (tertiary/aromatic N) is 3. The maximum atomic E-state index is 13.8. The highest BCUT2D eigenvalue weighted by molar-refractivity contribution is 7.20. The van der Waals surface area contributed by atoms with Gasteiger partial charge in [-0.3, -0.25) is 19.0 Å². The molecule has 0 bridgehead atoms. The molecule has 0 radical (unpaired) electrons. The molecule has 3 heterocycles. The molecule has 1 aliphatic heterocycles. The van der Waals surface area contributed by atoms with E-state index >= 15 is 0 Å². The van der Waals surface area contributed by atoms with Crippen LogP contribution in [0, 0.1) is 25.6 Å².